The number of ether oxygens (including phenoxy) is 1. The highest BCUT2D eigenvalue weighted by Crippen LogP contribution is 2.38. The number of allylic oxidation sites excluding steroid dienone is 1. The fourth-order valence-electron chi connectivity index (χ4n) is 3.45. The third-order valence-corrected chi connectivity index (χ3v) is 4.49. The van der Waals surface area contributed by atoms with Gasteiger partial charge in [0.1, 0.15) is 5.76 Å². The van der Waals surface area contributed by atoms with E-state index in [0.29, 0.717) is 0 Å². The summed E-state index contributed by atoms with van der Waals surface area (Å²) < 4.78 is 5.74. The molecule has 0 saturated heterocycles. The summed E-state index contributed by atoms with van der Waals surface area (Å²) in [5.74, 6) is 1.09. The van der Waals surface area contributed by atoms with E-state index in [0.717, 1.165) is 18.6 Å². The van der Waals surface area contributed by atoms with Crippen molar-refractivity contribution in [3.05, 3.63) is 89.2 Å². The fourth-order valence-corrected chi connectivity index (χ4v) is 3.45. The van der Waals surface area contributed by atoms with Crippen LogP contribution in [0.4, 0.5) is 0 Å². The van der Waals surface area contributed by atoms with Gasteiger partial charge in [-0.2, -0.15) is 0 Å². The van der Waals surface area contributed by atoms with Gasteiger partial charge in [0.25, 0.3) is 0 Å². The second-order valence-electron chi connectivity index (χ2n) is 5.69. The lowest BCUT2D eigenvalue weighted by Crippen LogP contribution is -2.07. The Bertz CT molecular complexity index is 868. The Balaban J connectivity index is 2.05. The average Bonchev–Trinajstić information content (AvgIpc) is 2.60. The molecular formula is C21H18O. The minimum Gasteiger partial charge on any atom is -0.500 e. The smallest absolute Gasteiger partial charge is 0.104 e. The van der Waals surface area contributed by atoms with Crippen molar-refractivity contribution in [3.8, 4) is 0 Å². The van der Waals surface area contributed by atoms with Crippen LogP contribution in [0.1, 0.15) is 23.1 Å². The highest BCUT2D eigenvalue weighted by molar-refractivity contribution is 5.99. The lowest BCUT2D eigenvalue weighted by atomic mass is 9.84. The molecule has 1 heteroatoms. The normalized spacial score (nSPS) is 14.0. The molecule has 22 heavy (non-hydrogen) atoms. The zero-order valence-electron chi connectivity index (χ0n) is 12.7. The van der Waals surface area contributed by atoms with Crippen LogP contribution in [0, 0.1) is 0 Å². The first-order chi connectivity index (χ1) is 10.9. The molecule has 0 bridgehead atoms. The van der Waals surface area contributed by atoms with Gasteiger partial charge >= 0.3 is 0 Å². The summed E-state index contributed by atoms with van der Waals surface area (Å²) in [6.07, 6.45) is 2.01. The van der Waals surface area contributed by atoms with Crippen LogP contribution in [0.25, 0.3) is 16.3 Å². The van der Waals surface area contributed by atoms with Crippen LogP contribution in [0.15, 0.2) is 72.5 Å². The second kappa shape index (κ2) is 5.34. The van der Waals surface area contributed by atoms with Crippen molar-refractivity contribution in [1.82, 2.24) is 0 Å². The second-order valence-corrected chi connectivity index (χ2v) is 5.69. The predicted octanol–water partition coefficient (Wildman–Crippen LogP) is 5.19. The summed E-state index contributed by atoms with van der Waals surface area (Å²) in [6, 6.07) is 23.7. The number of hydrogen-bond donors (Lipinski definition) is 0. The third-order valence-electron chi connectivity index (χ3n) is 4.49. The molecule has 0 fully saturated rings. The number of fused-ring (bicyclic) bond motifs is 2. The summed E-state index contributed by atoms with van der Waals surface area (Å²) in [5.41, 5.74) is 5.23. The number of aryl methyl sites for hydroxylation is 1. The van der Waals surface area contributed by atoms with E-state index in [1.807, 2.05) is 0 Å². The van der Waals surface area contributed by atoms with Crippen LogP contribution in [-0.4, -0.2) is 7.11 Å². The van der Waals surface area contributed by atoms with Crippen LogP contribution < -0.4 is 0 Å². The van der Waals surface area contributed by atoms with Gasteiger partial charge in [-0.15, -0.1) is 0 Å². The molecule has 0 N–H and O–H groups in total. The lowest BCUT2D eigenvalue weighted by molar-refractivity contribution is 0.278. The predicted molar refractivity (Wildman–Crippen MR) is 91.7 cm³/mol. The SMILES string of the molecule is COC1=C(c2cccc3ccccc23)c2ccccc2CC1. The topological polar surface area (TPSA) is 9.23 Å². The standard InChI is InChI=1S/C21H18O/c1-22-20-14-13-16-8-3-5-11-18(16)21(20)19-12-6-9-15-7-2-4-10-17(15)19/h2-12H,13-14H2,1H3. The van der Waals surface area contributed by atoms with E-state index in [1.165, 1.54) is 33.0 Å². The maximum Gasteiger partial charge on any atom is 0.104 e. The van der Waals surface area contributed by atoms with Crippen molar-refractivity contribution < 1.29 is 4.74 Å². The monoisotopic (exact) mass is 286 g/mol. The molecule has 1 aliphatic rings. The van der Waals surface area contributed by atoms with E-state index in [-0.39, 0.29) is 0 Å². The molecule has 108 valence electrons. The third kappa shape index (κ3) is 2.01. The van der Waals surface area contributed by atoms with E-state index in [2.05, 4.69) is 66.7 Å². The van der Waals surface area contributed by atoms with Crippen LogP contribution in [0.3, 0.4) is 0 Å². The maximum atomic E-state index is 5.74. The molecule has 1 nitrogen and oxygen atoms in total. The molecule has 0 atom stereocenters. The number of methoxy groups -OCH3 is 1. The fraction of sp³-hybridized carbons (Fsp3) is 0.143. The van der Waals surface area contributed by atoms with Crippen molar-refractivity contribution in [3.63, 3.8) is 0 Å². The Morgan fingerprint density at radius 1 is 0.727 bits per heavy atom. The van der Waals surface area contributed by atoms with Crippen LogP contribution in [0.2, 0.25) is 0 Å². The quantitative estimate of drug-likeness (QED) is 0.630. The molecule has 0 unspecified atom stereocenters. The Morgan fingerprint density at radius 3 is 2.36 bits per heavy atom. The van der Waals surface area contributed by atoms with E-state index in [9.17, 15) is 0 Å². The van der Waals surface area contributed by atoms with Crippen LogP contribution >= 0.6 is 0 Å². The Morgan fingerprint density at radius 2 is 1.45 bits per heavy atom. The minimum atomic E-state index is 0.964. The molecule has 0 amide bonds. The highest BCUT2D eigenvalue weighted by atomic mass is 16.5. The molecule has 3 aromatic rings. The van der Waals surface area contributed by atoms with Gasteiger partial charge in [-0.3, -0.25) is 0 Å². The summed E-state index contributed by atoms with van der Waals surface area (Å²) >= 11 is 0. The van der Waals surface area contributed by atoms with Gasteiger partial charge in [-0.05, 0) is 33.9 Å². The molecule has 0 aliphatic heterocycles. The van der Waals surface area contributed by atoms with Crippen molar-refractivity contribution in [1.29, 1.82) is 0 Å². The molecule has 3 aromatic carbocycles. The van der Waals surface area contributed by atoms with E-state index in [4.69, 9.17) is 4.74 Å². The Hall–Kier alpha value is -2.54. The first kappa shape index (κ1) is 13.1. The number of benzene rings is 3. The van der Waals surface area contributed by atoms with Crippen LogP contribution in [-0.2, 0) is 11.2 Å². The van der Waals surface area contributed by atoms with Gasteiger partial charge < -0.3 is 4.74 Å². The molecule has 4 rings (SSSR count). The van der Waals surface area contributed by atoms with Crippen molar-refractivity contribution in [2.24, 2.45) is 0 Å². The van der Waals surface area contributed by atoms with Gasteiger partial charge in [0, 0.05) is 12.0 Å². The summed E-state index contributed by atoms with van der Waals surface area (Å²) in [4.78, 5) is 0. The van der Waals surface area contributed by atoms with E-state index in [1.54, 1.807) is 7.11 Å². The van der Waals surface area contributed by atoms with Gasteiger partial charge in [-0.1, -0.05) is 66.7 Å². The van der Waals surface area contributed by atoms with E-state index < -0.39 is 0 Å². The Kier molecular flexibility index (Phi) is 3.19. The number of hydrogen-bond acceptors (Lipinski definition) is 1. The molecular weight excluding hydrogens is 268 g/mol. The van der Waals surface area contributed by atoms with Crippen molar-refractivity contribution in [2.45, 2.75) is 12.8 Å². The van der Waals surface area contributed by atoms with Gasteiger partial charge in [0.2, 0.25) is 0 Å². The zero-order valence-corrected chi connectivity index (χ0v) is 12.7. The molecule has 0 aromatic heterocycles. The number of rotatable bonds is 2. The summed E-state index contributed by atoms with van der Waals surface area (Å²) in [7, 11) is 1.79. The maximum absolute atomic E-state index is 5.74. The lowest BCUT2D eigenvalue weighted by Gasteiger charge is -2.23. The van der Waals surface area contributed by atoms with E-state index >= 15 is 0 Å². The van der Waals surface area contributed by atoms with Gasteiger partial charge in [0.15, 0.2) is 0 Å². The first-order valence-electron chi connectivity index (χ1n) is 7.72. The van der Waals surface area contributed by atoms with Crippen molar-refractivity contribution >= 4 is 16.3 Å². The van der Waals surface area contributed by atoms with Crippen LogP contribution in [0.5, 0.6) is 0 Å². The zero-order chi connectivity index (χ0) is 14.9. The average molecular weight is 286 g/mol. The molecule has 0 spiro atoms. The highest BCUT2D eigenvalue weighted by Gasteiger charge is 2.21. The minimum absolute atomic E-state index is 0.964. The molecule has 0 saturated carbocycles. The Labute approximate surface area is 130 Å². The summed E-state index contributed by atoms with van der Waals surface area (Å²) in [5, 5.41) is 2.55. The molecule has 1 aliphatic carbocycles. The first-order valence-corrected chi connectivity index (χ1v) is 7.72. The van der Waals surface area contributed by atoms with Gasteiger partial charge in [-0.25, -0.2) is 0 Å². The van der Waals surface area contributed by atoms with Crippen molar-refractivity contribution in [2.75, 3.05) is 7.11 Å². The molecule has 0 heterocycles. The molecule has 0 radical (unpaired) electrons. The summed E-state index contributed by atoms with van der Waals surface area (Å²) in [6.45, 7) is 0. The van der Waals surface area contributed by atoms with Gasteiger partial charge in [0.05, 0.1) is 7.11 Å². The largest absolute Gasteiger partial charge is 0.500 e.